The molecule has 2 saturated carbocycles. The van der Waals surface area contributed by atoms with Crippen molar-refractivity contribution in [2.24, 2.45) is 12.8 Å². The highest BCUT2D eigenvalue weighted by Crippen LogP contribution is 2.42. The van der Waals surface area contributed by atoms with Crippen LogP contribution in [0.25, 0.3) is 11.3 Å². The average Bonchev–Trinajstić information content (AvgIpc) is 3.35. The lowest BCUT2D eigenvalue weighted by atomic mass is 9.92. The van der Waals surface area contributed by atoms with E-state index in [-0.39, 0.29) is 0 Å². The van der Waals surface area contributed by atoms with E-state index >= 15 is 0 Å². The van der Waals surface area contributed by atoms with Gasteiger partial charge in [-0.05, 0) is 38.5 Å². The Kier molecular flexibility index (Phi) is 4.64. The van der Waals surface area contributed by atoms with Gasteiger partial charge in [-0.25, -0.2) is 14.4 Å². The van der Waals surface area contributed by atoms with E-state index in [4.69, 9.17) is 5.73 Å². The minimum atomic E-state index is -0.415. The van der Waals surface area contributed by atoms with Crippen LogP contribution in [0.2, 0.25) is 0 Å². The van der Waals surface area contributed by atoms with E-state index in [1.54, 1.807) is 22.6 Å². The second-order valence-corrected chi connectivity index (χ2v) is 8.24. The highest BCUT2D eigenvalue weighted by atomic mass is 32.2. The molecular formula is C17H23FN6S. The van der Waals surface area contributed by atoms with Gasteiger partial charge in [-0.1, -0.05) is 0 Å². The van der Waals surface area contributed by atoms with Crippen molar-refractivity contribution in [1.29, 1.82) is 0 Å². The smallest absolute Gasteiger partial charge is 0.223 e. The third-order valence-corrected chi connectivity index (χ3v) is 6.30. The summed E-state index contributed by atoms with van der Waals surface area (Å²) < 4.78 is 16.2. The second-order valence-electron chi connectivity index (χ2n) is 6.95. The lowest BCUT2D eigenvalue weighted by molar-refractivity contribution is 0.409. The summed E-state index contributed by atoms with van der Waals surface area (Å²) in [5, 5.41) is 9.22. The number of aromatic nitrogens is 4. The van der Waals surface area contributed by atoms with E-state index in [0.29, 0.717) is 29.0 Å². The Bertz CT molecular complexity index is 752. The predicted octanol–water partition coefficient (Wildman–Crippen LogP) is 2.95. The molecule has 2 heterocycles. The van der Waals surface area contributed by atoms with Crippen molar-refractivity contribution in [3.63, 3.8) is 0 Å². The van der Waals surface area contributed by atoms with Crippen LogP contribution < -0.4 is 11.1 Å². The van der Waals surface area contributed by atoms with Crippen LogP contribution in [-0.2, 0) is 7.05 Å². The van der Waals surface area contributed by atoms with E-state index < -0.39 is 5.82 Å². The van der Waals surface area contributed by atoms with E-state index in [1.807, 2.05) is 7.05 Å². The van der Waals surface area contributed by atoms with Gasteiger partial charge in [0, 0.05) is 24.4 Å². The molecule has 25 heavy (non-hydrogen) atoms. The Morgan fingerprint density at radius 2 is 1.96 bits per heavy atom. The van der Waals surface area contributed by atoms with Crippen LogP contribution >= 0.6 is 11.8 Å². The highest BCUT2D eigenvalue weighted by Gasteiger charge is 2.27. The molecule has 0 aromatic carbocycles. The molecule has 2 fully saturated rings. The molecule has 4 rings (SSSR count). The Labute approximate surface area is 150 Å². The van der Waals surface area contributed by atoms with Crippen LogP contribution in [0.1, 0.15) is 38.5 Å². The summed E-state index contributed by atoms with van der Waals surface area (Å²) in [7, 11) is 1.89. The van der Waals surface area contributed by atoms with Gasteiger partial charge in [0.15, 0.2) is 5.82 Å². The van der Waals surface area contributed by atoms with Crippen molar-refractivity contribution in [3.8, 4) is 11.3 Å². The molecule has 0 spiro atoms. The van der Waals surface area contributed by atoms with Crippen molar-refractivity contribution in [1.82, 2.24) is 19.7 Å². The normalized spacial score (nSPS) is 23.6. The number of nitrogens with two attached hydrogens (primary N) is 1. The summed E-state index contributed by atoms with van der Waals surface area (Å²) in [6.45, 7) is 0. The molecule has 0 radical (unpaired) electrons. The first kappa shape index (κ1) is 16.8. The van der Waals surface area contributed by atoms with Gasteiger partial charge in [0.05, 0.1) is 18.0 Å². The molecule has 134 valence electrons. The van der Waals surface area contributed by atoms with Crippen molar-refractivity contribution < 1.29 is 4.39 Å². The molecule has 2 aliphatic carbocycles. The first-order chi connectivity index (χ1) is 12.1. The van der Waals surface area contributed by atoms with Crippen LogP contribution in [0.15, 0.2) is 17.4 Å². The summed E-state index contributed by atoms with van der Waals surface area (Å²) in [5.74, 6) is 0.0601. The Morgan fingerprint density at radius 1 is 1.20 bits per heavy atom. The number of anilines is 1. The molecule has 2 aromatic heterocycles. The number of hydrogen-bond acceptors (Lipinski definition) is 6. The summed E-state index contributed by atoms with van der Waals surface area (Å²) in [6.07, 6.45) is 9.33. The molecule has 0 bridgehead atoms. The fraction of sp³-hybridized carbons (Fsp3) is 0.588. The molecular weight excluding hydrogens is 339 g/mol. The summed E-state index contributed by atoms with van der Waals surface area (Å²) in [6, 6.07) is 0.590. The lowest BCUT2D eigenvalue weighted by Crippen LogP contribution is -2.33. The number of thioether (sulfide) groups is 1. The Morgan fingerprint density at radius 3 is 2.68 bits per heavy atom. The number of nitrogens with one attached hydrogen (secondary N) is 1. The number of hydrogen-bond donors (Lipinski definition) is 2. The van der Waals surface area contributed by atoms with Crippen molar-refractivity contribution in [2.45, 2.75) is 60.9 Å². The lowest BCUT2D eigenvalue weighted by Gasteiger charge is -2.26. The zero-order valence-electron chi connectivity index (χ0n) is 14.3. The van der Waals surface area contributed by atoms with Crippen LogP contribution in [0.4, 0.5) is 10.3 Å². The molecule has 0 aliphatic heterocycles. The summed E-state index contributed by atoms with van der Waals surface area (Å²) in [5.41, 5.74) is 7.02. The standard InChI is InChI=1S/C17H23FN6S/c1-24-16(25-12-6-7-12)13(8-21-24)15-14(18)9-20-17(23-15)22-11-4-2-10(19)3-5-11/h8-12H,2-7,19H2,1H3,(H,20,22,23). The largest absolute Gasteiger partial charge is 0.351 e. The molecule has 3 N–H and O–H groups in total. The zero-order chi connectivity index (χ0) is 17.4. The average molecular weight is 362 g/mol. The van der Waals surface area contributed by atoms with Crippen molar-refractivity contribution >= 4 is 17.7 Å². The van der Waals surface area contributed by atoms with Gasteiger partial charge in [-0.15, -0.1) is 11.8 Å². The topological polar surface area (TPSA) is 81.7 Å². The second kappa shape index (κ2) is 6.92. The maximum absolute atomic E-state index is 14.4. The first-order valence-corrected chi connectivity index (χ1v) is 9.72. The maximum atomic E-state index is 14.4. The first-order valence-electron chi connectivity index (χ1n) is 8.84. The molecule has 0 saturated heterocycles. The van der Waals surface area contributed by atoms with E-state index in [0.717, 1.165) is 36.3 Å². The molecule has 2 aromatic rings. The van der Waals surface area contributed by atoms with Gasteiger partial charge >= 0.3 is 0 Å². The number of nitrogens with zero attached hydrogens (tertiary/aromatic N) is 4. The SMILES string of the molecule is Cn1ncc(-c2nc(NC3CCC(N)CC3)ncc2F)c1SC1CC1. The van der Waals surface area contributed by atoms with Gasteiger partial charge in [-0.2, -0.15) is 5.10 Å². The van der Waals surface area contributed by atoms with Crippen LogP contribution in [0, 0.1) is 5.82 Å². The predicted molar refractivity (Wildman–Crippen MR) is 96.9 cm³/mol. The van der Waals surface area contributed by atoms with E-state index in [1.165, 1.54) is 19.0 Å². The maximum Gasteiger partial charge on any atom is 0.223 e. The Hall–Kier alpha value is -1.67. The minimum Gasteiger partial charge on any atom is -0.351 e. The molecule has 2 aliphatic rings. The molecule has 0 unspecified atom stereocenters. The minimum absolute atomic E-state index is 0.292. The quantitative estimate of drug-likeness (QED) is 0.851. The van der Waals surface area contributed by atoms with Gasteiger partial charge in [0.2, 0.25) is 5.95 Å². The van der Waals surface area contributed by atoms with E-state index in [2.05, 4.69) is 20.4 Å². The van der Waals surface area contributed by atoms with Crippen LogP contribution in [-0.4, -0.2) is 37.1 Å². The fourth-order valence-corrected chi connectivity index (χ4v) is 4.31. The van der Waals surface area contributed by atoms with Gasteiger partial charge in [-0.3, -0.25) is 4.68 Å². The number of halogens is 1. The van der Waals surface area contributed by atoms with E-state index in [9.17, 15) is 4.39 Å². The molecule has 0 atom stereocenters. The summed E-state index contributed by atoms with van der Waals surface area (Å²) >= 11 is 1.75. The Balaban J connectivity index is 1.57. The number of rotatable bonds is 5. The molecule has 0 amide bonds. The summed E-state index contributed by atoms with van der Waals surface area (Å²) in [4.78, 5) is 8.59. The molecule has 8 heteroatoms. The third kappa shape index (κ3) is 3.79. The fourth-order valence-electron chi connectivity index (χ4n) is 3.14. The van der Waals surface area contributed by atoms with Crippen LogP contribution in [0.5, 0.6) is 0 Å². The molecule has 6 nitrogen and oxygen atoms in total. The van der Waals surface area contributed by atoms with Crippen molar-refractivity contribution in [2.75, 3.05) is 5.32 Å². The zero-order valence-corrected chi connectivity index (χ0v) is 15.1. The van der Waals surface area contributed by atoms with Gasteiger partial charge < -0.3 is 11.1 Å². The van der Waals surface area contributed by atoms with Gasteiger partial charge in [0.1, 0.15) is 10.7 Å². The third-order valence-electron chi connectivity index (χ3n) is 4.79. The van der Waals surface area contributed by atoms with Crippen LogP contribution in [0.3, 0.4) is 0 Å². The highest BCUT2D eigenvalue weighted by molar-refractivity contribution is 8.00. The number of aryl methyl sites for hydroxylation is 1. The van der Waals surface area contributed by atoms with Gasteiger partial charge in [0.25, 0.3) is 0 Å². The monoisotopic (exact) mass is 362 g/mol. The van der Waals surface area contributed by atoms with Crippen molar-refractivity contribution in [3.05, 3.63) is 18.2 Å².